The van der Waals surface area contributed by atoms with Crippen molar-refractivity contribution in [3.63, 3.8) is 0 Å². The molecule has 2 aromatic carbocycles. The van der Waals surface area contributed by atoms with Crippen LogP contribution in [0.25, 0.3) is 0 Å². The van der Waals surface area contributed by atoms with E-state index in [9.17, 15) is 0 Å². The van der Waals surface area contributed by atoms with E-state index in [0.29, 0.717) is 18.1 Å². The molecule has 0 atom stereocenters. The number of nitrogens with two attached hydrogens (primary N) is 1. The van der Waals surface area contributed by atoms with Gasteiger partial charge >= 0.3 is 0 Å². The van der Waals surface area contributed by atoms with E-state index in [-0.39, 0.29) is 6.10 Å². The maximum absolute atomic E-state index is 8.88. The van der Waals surface area contributed by atoms with Crippen molar-refractivity contribution < 1.29 is 4.74 Å². The van der Waals surface area contributed by atoms with Crippen LogP contribution in [-0.2, 0) is 6.54 Å². The molecule has 23 heavy (non-hydrogen) atoms. The molecule has 0 amide bonds. The zero-order chi connectivity index (χ0) is 16.7. The molecular formula is C18H20N4O. The second kappa shape index (κ2) is 7.85. The molecule has 5 nitrogen and oxygen atoms in total. The third kappa shape index (κ3) is 5.36. The first-order chi connectivity index (χ1) is 11.1. The van der Waals surface area contributed by atoms with E-state index in [1.807, 2.05) is 50.2 Å². The number of nitriles is 1. The molecule has 0 aliphatic carbocycles. The van der Waals surface area contributed by atoms with Crippen LogP contribution in [0.5, 0.6) is 5.75 Å². The maximum Gasteiger partial charge on any atom is 0.193 e. The summed E-state index contributed by atoms with van der Waals surface area (Å²) in [6, 6.07) is 16.9. The Hall–Kier alpha value is -3.00. The molecule has 0 heterocycles. The van der Waals surface area contributed by atoms with E-state index >= 15 is 0 Å². The van der Waals surface area contributed by atoms with Crippen LogP contribution in [0.4, 0.5) is 5.69 Å². The monoisotopic (exact) mass is 308 g/mol. The summed E-state index contributed by atoms with van der Waals surface area (Å²) in [7, 11) is 0. The summed E-state index contributed by atoms with van der Waals surface area (Å²) in [5.41, 5.74) is 8.28. The Morgan fingerprint density at radius 1 is 1.26 bits per heavy atom. The first-order valence-electron chi connectivity index (χ1n) is 7.39. The lowest BCUT2D eigenvalue weighted by molar-refractivity contribution is 0.242. The predicted octanol–water partition coefficient (Wildman–Crippen LogP) is 3.27. The van der Waals surface area contributed by atoms with Gasteiger partial charge in [-0.25, -0.2) is 4.99 Å². The number of ether oxygens (including phenoxy) is 1. The molecule has 3 N–H and O–H groups in total. The van der Waals surface area contributed by atoms with Crippen molar-refractivity contribution in [1.82, 2.24) is 0 Å². The summed E-state index contributed by atoms with van der Waals surface area (Å²) in [5, 5.41) is 11.9. The highest BCUT2D eigenvalue weighted by Crippen LogP contribution is 2.16. The Morgan fingerprint density at radius 3 is 2.65 bits per heavy atom. The Balaban J connectivity index is 1.95. The average Bonchev–Trinajstić information content (AvgIpc) is 2.54. The topological polar surface area (TPSA) is 83.4 Å². The number of hydrogen-bond donors (Lipinski definition) is 2. The summed E-state index contributed by atoms with van der Waals surface area (Å²) in [6.45, 7) is 4.39. The molecule has 5 heteroatoms. The van der Waals surface area contributed by atoms with Gasteiger partial charge in [-0.05, 0) is 55.8 Å². The molecule has 0 radical (unpaired) electrons. The van der Waals surface area contributed by atoms with E-state index in [2.05, 4.69) is 16.4 Å². The SMILES string of the molecule is CC(C)Oc1ccc(NC(N)=NCc2cccc(C#N)c2)cc1. The van der Waals surface area contributed by atoms with Crippen molar-refractivity contribution in [2.75, 3.05) is 5.32 Å². The minimum absolute atomic E-state index is 0.143. The van der Waals surface area contributed by atoms with Crippen LogP contribution in [0.15, 0.2) is 53.5 Å². The molecule has 0 aliphatic rings. The van der Waals surface area contributed by atoms with Crippen LogP contribution in [0.2, 0.25) is 0 Å². The Bertz CT molecular complexity index is 715. The molecule has 2 rings (SSSR count). The second-order valence-electron chi connectivity index (χ2n) is 5.33. The van der Waals surface area contributed by atoms with Gasteiger partial charge in [0.2, 0.25) is 0 Å². The maximum atomic E-state index is 8.88. The second-order valence-corrected chi connectivity index (χ2v) is 5.33. The normalized spacial score (nSPS) is 11.1. The van der Waals surface area contributed by atoms with Gasteiger partial charge in [-0.3, -0.25) is 0 Å². The van der Waals surface area contributed by atoms with E-state index < -0.39 is 0 Å². The molecule has 118 valence electrons. The highest BCUT2D eigenvalue weighted by molar-refractivity contribution is 5.92. The van der Waals surface area contributed by atoms with Gasteiger partial charge < -0.3 is 15.8 Å². The zero-order valence-electron chi connectivity index (χ0n) is 13.3. The number of aliphatic imine (C=N–C) groups is 1. The third-order valence-electron chi connectivity index (χ3n) is 2.99. The van der Waals surface area contributed by atoms with Gasteiger partial charge in [0.1, 0.15) is 5.75 Å². The van der Waals surface area contributed by atoms with Gasteiger partial charge in [0.05, 0.1) is 24.3 Å². The van der Waals surface area contributed by atoms with E-state index in [4.69, 9.17) is 15.7 Å². The van der Waals surface area contributed by atoms with Crippen LogP contribution in [-0.4, -0.2) is 12.1 Å². The molecular weight excluding hydrogens is 288 g/mol. The van der Waals surface area contributed by atoms with Crippen molar-refractivity contribution in [2.45, 2.75) is 26.5 Å². The molecule has 2 aromatic rings. The molecule has 0 spiro atoms. The van der Waals surface area contributed by atoms with Crippen molar-refractivity contribution in [3.8, 4) is 11.8 Å². The Labute approximate surface area is 136 Å². The fourth-order valence-corrected chi connectivity index (χ4v) is 1.99. The number of hydrogen-bond acceptors (Lipinski definition) is 3. The van der Waals surface area contributed by atoms with E-state index in [0.717, 1.165) is 17.0 Å². The van der Waals surface area contributed by atoms with Crippen molar-refractivity contribution in [3.05, 3.63) is 59.7 Å². The molecule has 0 unspecified atom stereocenters. The van der Waals surface area contributed by atoms with Gasteiger partial charge in [0, 0.05) is 5.69 Å². The lowest BCUT2D eigenvalue weighted by atomic mass is 10.1. The molecule has 0 aliphatic heterocycles. The van der Waals surface area contributed by atoms with Crippen LogP contribution >= 0.6 is 0 Å². The number of guanidine groups is 1. The zero-order valence-corrected chi connectivity index (χ0v) is 13.3. The van der Waals surface area contributed by atoms with Gasteiger partial charge in [-0.15, -0.1) is 0 Å². The minimum Gasteiger partial charge on any atom is -0.491 e. The van der Waals surface area contributed by atoms with Gasteiger partial charge in [0.15, 0.2) is 5.96 Å². The number of rotatable bonds is 5. The number of benzene rings is 2. The molecule has 0 fully saturated rings. The lowest BCUT2D eigenvalue weighted by Crippen LogP contribution is -2.22. The summed E-state index contributed by atoms with van der Waals surface area (Å²) in [6.07, 6.45) is 0.143. The summed E-state index contributed by atoms with van der Waals surface area (Å²) in [5.74, 6) is 1.14. The number of nitrogens with zero attached hydrogens (tertiary/aromatic N) is 2. The van der Waals surface area contributed by atoms with E-state index in [1.165, 1.54) is 0 Å². The molecule has 0 bridgehead atoms. The predicted molar refractivity (Wildman–Crippen MR) is 92.3 cm³/mol. The van der Waals surface area contributed by atoms with Gasteiger partial charge in [-0.2, -0.15) is 5.26 Å². The van der Waals surface area contributed by atoms with Crippen LogP contribution < -0.4 is 15.8 Å². The van der Waals surface area contributed by atoms with Crippen molar-refractivity contribution in [1.29, 1.82) is 5.26 Å². The first-order valence-corrected chi connectivity index (χ1v) is 7.39. The van der Waals surface area contributed by atoms with Crippen LogP contribution in [0.3, 0.4) is 0 Å². The van der Waals surface area contributed by atoms with Gasteiger partial charge in [-0.1, -0.05) is 12.1 Å². The fourth-order valence-electron chi connectivity index (χ4n) is 1.99. The van der Waals surface area contributed by atoms with Crippen molar-refractivity contribution in [2.24, 2.45) is 10.7 Å². The Morgan fingerprint density at radius 2 is 2.00 bits per heavy atom. The smallest absolute Gasteiger partial charge is 0.193 e. The third-order valence-corrected chi connectivity index (χ3v) is 2.99. The molecule has 0 saturated heterocycles. The molecule has 0 aromatic heterocycles. The lowest BCUT2D eigenvalue weighted by Gasteiger charge is -2.11. The number of anilines is 1. The highest BCUT2D eigenvalue weighted by atomic mass is 16.5. The van der Waals surface area contributed by atoms with Crippen molar-refractivity contribution >= 4 is 11.6 Å². The Kier molecular flexibility index (Phi) is 5.59. The summed E-state index contributed by atoms with van der Waals surface area (Å²) >= 11 is 0. The largest absolute Gasteiger partial charge is 0.491 e. The average molecular weight is 308 g/mol. The van der Waals surface area contributed by atoms with Gasteiger partial charge in [0.25, 0.3) is 0 Å². The standard InChI is InChI=1S/C18H20N4O/c1-13(2)23-17-8-6-16(7-9-17)22-18(20)21-12-15-5-3-4-14(10-15)11-19/h3-10,13H,12H2,1-2H3,(H3,20,21,22). The van der Waals surface area contributed by atoms with Crippen LogP contribution in [0.1, 0.15) is 25.0 Å². The number of nitrogens with one attached hydrogen (secondary N) is 1. The van der Waals surface area contributed by atoms with Crippen LogP contribution in [0, 0.1) is 11.3 Å². The quantitative estimate of drug-likeness (QED) is 0.656. The van der Waals surface area contributed by atoms with E-state index in [1.54, 1.807) is 12.1 Å². The molecule has 0 saturated carbocycles. The highest BCUT2D eigenvalue weighted by Gasteiger charge is 2.00. The minimum atomic E-state index is 0.143. The first kappa shape index (κ1) is 16.4. The fraction of sp³-hybridized carbons (Fsp3) is 0.222. The summed E-state index contributed by atoms with van der Waals surface area (Å²) in [4.78, 5) is 4.28. The summed E-state index contributed by atoms with van der Waals surface area (Å²) < 4.78 is 5.59.